The molecule has 0 spiro atoms. The molecule has 0 aliphatic carbocycles. The van der Waals surface area contributed by atoms with Crippen LogP contribution in [-0.4, -0.2) is 35.7 Å². The second kappa shape index (κ2) is 7.40. The normalized spacial score (nSPS) is 10.5. The van der Waals surface area contributed by atoms with Gasteiger partial charge in [0.2, 0.25) is 0 Å². The maximum atomic E-state index is 11.7. The van der Waals surface area contributed by atoms with E-state index in [9.17, 15) is 4.79 Å². The first kappa shape index (κ1) is 14.1. The number of hydrogen-bond acceptors (Lipinski definition) is 4. The van der Waals surface area contributed by atoms with Crippen molar-refractivity contribution in [1.29, 1.82) is 0 Å². The highest BCUT2D eigenvalue weighted by Crippen LogP contribution is 2.13. The van der Waals surface area contributed by atoms with Gasteiger partial charge in [0.15, 0.2) is 0 Å². The molecule has 1 rings (SSSR count). The lowest BCUT2D eigenvalue weighted by molar-refractivity contribution is 0.0954. The van der Waals surface area contributed by atoms with Crippen molar-refractivity contribution in [2.45, 2.75) is 20.3 Å². The SMILES string of the molecule is Cc1cc(C(=O)NCCSCCCO)c(C)o1. The summed E-state index contributed by atoms with van der Waals surface area (Å²) >= 11 is 1.73. The van der Waals surface area contributed by atoms with Crippen LogP contribution in [0.25, 0.3) is 0 Å². The van der Waals surface area contributed by atoms with Gasteiger partial charge >= 0.3 is 0 Å². The van der Waals surface area contributed by atoms with E-state index in [0.717, 1.165) is 23.7 Å². The average Bonchev–Trinajstić information content (AvgIpc) is 2.62. The summed E-state index contributed by atoms with van der Waals surface area (Å²) in [6.07, 6.45) is 0.804. The lowest BCUT2D eigenvalue weighted by Gasteiger charge is -2.03. The fourth-order valence-electron chi connectivity index (χ4n) is 1.46. The monoisotopic (exact) mass is 257 g/mol. The number of aliphatic hydroxyl groups excluding tert-OH is 1. The Hall–Kier alpha value is -0.940. The largest absolute Gasteiger partial charge is 0.466 e. The van der Waals surface area contributed by atoms with Crippen LogP contribution in [0.5, 0.6) is 0 Å². The van der Waals surface area contributed by atoms with E-state index < -0.39 is 0 Å². The van der Waals surface area contributed by atoms with E-state index in [1.807, 2.05) is 6.92 Å². The van der Waals surface area contributed by atoms with Gasteiger partial charge in [-0.05, 0) is 32.1 Å². The molecule has 5 heteroatoms. The van der Waals surface area contributed by atoms with E-state index >= 15 is 0 Å². The van der Waals surface area contributed by atoms with Crippen molar-refractivity contribution < 1.29 is 14.3 Å². The minimum atomic E-state index is -0.0814. The lowest BCUT2D eigenvalue weighted by atomic mass is 10.2. The molecule has 96 valence electrons. The number of rotatable bonds is 7. The minimum absolute atomic E-state index is 0.0814. The molecular weight excluding hydrogens is 238 g/mol. The van der Waals surface area contributed by atoms with Gasteiger partial charge in [0.1, 0.15) is 11.5 Å². The third-order valence-corrected chi connectivity index (χ3v) is 3.33. The molecule has 0 bridgehead atoms. The molecule has 2 N–H and O–H groups in total. The van der Waals surface area contributed by atoms with Crippen molar-refractivity contribution in [3.05, 3.63) is 23.2 Å². The topological polar surface area (TPSA) is 62.5 Å². The summed E-state index contributed by atoms with van der Waals surface area (Å²) in [6, 6.07) is 1.75. The standard InChI is InChI=1S/C12H19NO3S/c1-9-8-11(10(2)16-9)12(15)13-4-7-17-6-3-5-14/h8,14H,3-7H2,1-2H3,(H,13,15). The van der Waals surface area contributed by atoms with E-state index in [1.165, 1.54) is 0 Å². The summed E-state index contributed by atoms with van der Waals surface area (Å²) in [5, 5.41) is 11.4. The lowest BCUT2D eigenvalue weighted by Crippen LogP contribution is -2.26. The number of furan rings is 1. The molecule has 0 saturated carbocycles. The van der Waals surface area contributed by atoms with Crippen LogP contribution in [0.2, 0.25) is 0 Å². The van der Waals surface area contributed by atoms with Gasteiger partial charge in [0, 0.05) is 18.9 Å². The van der Waals surface area contributed by atoms with Gasteiger partial charge in [0.25, 0.3) is 5.91 Å². The Morgan fingerprint density at radius 1 is 1.47 bits per heavy atom. The number of thioether (sulfide) groups is 1. The van der Waals surface area contributed by atoms with Crippen LogP contribution in [0, 0.1) is 13.8 Å². The number of carbonyl (C=O) groups excluding carboxylic acids is 1. The number of nitrogens with one attached hydrogen (secondary N) is 1. The average molecular weight is 257 g/mol. The molecular formula is C12H19NO3S. The summed E-state index contributed by atoms with van der Waals surface area (Å²) in [6.45, 7) is 4.48. The molecule has 0 aliphatic rings. The minimum Gasteiger partial charge on any atom is -0.466 e. The summed E-state index contributed by atoms with van der Waals surface area (Å²) in [4.78, 5) is 11.7. The molecule has 0 aliphatic heterocycles. The highest BCUT2D eigenvalue weighted by Gasteiger charge is 2.12. The van der Waals surface area contributed by atoms with Gasteiger partial charge < -0.3 is 14.8 Å². The number of aryl methyl sites for hydroxylation is 2. The van der Waals surface area contributed by atoms with Gasteiger partial charge in [0.05, 0.1) is 5.56 Å². The van der Waals surface area contributed by atoms with E-state index in [1.54, 1.807) is 24.8 Å². The zero-order chi connectivity index (χ0) is 12.7. The van der Waals surface area contributed by atoms with Crippen LogP contribution in [-0.2, 0) is 0 Å². The number of carbonyl (C=O) groups is 1. The fraction of sp³-hybridized carbons (Fsp3) is 0.583. The molecule has 1 aromatic rings. The van der Waals surface area contributed by atoms with Crippen molar-refractivity contribution >= 4 is 17.7 Å². The van der Waals surface area contributed by atoms with Gasteiger partial charge in [-0.15, -0.1) is 0 Å². The zero-order valence-corrected chi connectivity index (χ0v) is 11.1. The Labute approximate surface area is 106 Å². The maximum absolute atomic E-state index is 11.7. The fourth-order valence-corrected chi connectivity index (χ4v) is 2.24. The van der Waals surface area contributed by atoms with Crippen LogP contribution < -0.4 is 5.32 Å². The van der Waals surface area contributed by atoms with Crippen molar-refractivity contribution in [1.82, 2.24) is 5.32 Å². The predicted molar refractivity (Wildman–Crippen MR) is 69.5 cm³/mol. The number of amides is 1. The van der Waals surface area contributed by atoms with Crippen molar-refractivity contribution in [3.8, 4) is 0 Å². The quantitative estimate of drug-likeness (QED) is 0.730. The molecule has 1 amide bonds. The Kier molecular flexibility index (Phi) is 6.15. The summed E-state index contributed by atoms with van der Waals surface area (Å²) in [5.74, 6) is 3.12. The summed E-state index contributed by atoms with van der Waals surface area (Å²) < 4.78 is 5.30. The molecule has 0 aromatic carbocycles. The molecule has 17 heavy (non-hydrogen) atoms. The molecule has 0 fully saturated rings. The van der Waals surface area contributed by atoms with Crippen molar-refractivity contribution in [2.24, 2.45) is 0 Å². The van der Waals surface area contributed by atoms with Crippen molar-refractivity contribution in [3.63, 3.8) is 0 Å². The van der Waals surface area contributed by atoms with Gasteiger partial charge in [-0.25, -0.2) is 0 Å². The highest BCUT2D eigenvalue weighted by molar-refractivity contribution is 7.99. The maximum Gasteiger partial charge on any atom is 0.254 e. The van der Waals surface area contributed by atoms with Gasteiger partial charge in [-0.3, -0.25) is 4.79 Å². The second-order valence-electron chi connectivity index (χ2n) is 3.77. The van der Waals surface area contributed by atoms with E-state index in [-0.39, 0.29) is 12.5 Å². The zero-order valence-electron chi connectivity index (χ0n) is 10.3. The number of hydrogen-bond donors (Lipinski definition) is 2. The Balaban J connectivity index is 2.23. The molecule has 0 atom stereocenters. The summed E-state index contributed by atoms with van der Waals surface area (Å²) in [7, 11) is 0. The Bertz CT molecular complexity index is 363. The van der Waals surface area contributed by atoms with Crippen LogP contribution in [0.15, 0.2) is 10.5 Å². The Morgan fingerprint density at radius 2 is 2.24 bits per heavy atom. The summed E-state index contributed by atoms with van der Waals surface area (Å²) in [5.41, 5.74) is 0.614. The van der Waals surface area contributed by atoms with Gasteiger partial charge in [-0.1, -0.05) is 0 Å². The molecule has 0 radical (unpaired) electrons. The highest BCUT2D eigenvalue weighted by atomic mass is 32.2. The van der Waals surface area contributed by atoms with E-state index in [2.05, 4.69) is 5.32 Å². The smallest absolute Gasteiger partial charge is 0.254 e. The molecule has 4 nitrogen and oxygen atoms in total. The van der Waals surface area contributed by atoms with Crippen LogP contribution >= 0.6 is 11.8 Å². The van der Waals surface area contributed by atoms with Crippen LogP contribution in [0.3, 0.4) is 0 Å². The van der Waals surface area contributed by atoms with E-state index in [4.69, 9.17) is 9.52 Å². The third kappa shape index (κ3) is 4.83. The van der Waals surface area contributed by atoms with E-state index in [0.29, 0.717) is 17.9 Å². The first-order valence-electron chi connectivity index (χ1n) is 5.69. The third-order valence-electron chi connectivity index (χ3n) is 2.26. The predicted octanol–water partition coefficient (Wildman–Crippen LogP) is 1.74. The van der Waals surface area contributed by atoms with Crippen LogP contribution in [0.1, 0.15) is 28.3 Å². The molecule has 0 saturated heterocycles. The molecule has 1 heterocycles. The number of aliphatic hydroxyl groups is 1. The second-order valence-corrected chi connectivity index (χ2v) is 5.00. The first-order chi connectivity index (χ1) is 8.15. The molecule has 0 unspecified atom stereocenters. The Morgan fingerprint density at radius 3 is 2.82 bits per heavy atom. The van der Waals surface area contributed by atoms with Crippen molar-refractivity contribution in [2.75, 3.05) is 24.7 Å². The van der Waals surface area contributed by atoms with Gasteiger partial charge in [-0.2, -0.15) is 11.8 Å². The van der Waals surface area contributed by atoms with Crippen LogP contribution in [0.4, 0.5) is 0 Å². The molecule has 1 aromatic heterocycles. The first-order valence-corrected chi connectivity index (χ1v) is 6.84.